The Hall–Kier alpha value is -2.20. The predicted molar refractivity (Wildman–Crippen MR) is 110 cm³/mol. The maximum absolute atomic E-state index is 12.6. The van der Waals surface area contributed by atoms with Crippen molar-refractivity contribution in [3.63, 3.8) is 0 Å². The van der Waals surface area contributed by atoms with Gasteiger partial charge in [-0.25, -0.2) is 13.1 Å². The molecule has 0 saturated carbocycles. The highest BCUT2D eigenvalue weighted by molar-refractivity contribution is 7.89. The second-order valence-corrected chi connectivity index (χ2v) is 8.68. The lowest BCUT2D eigenvalue weighted by Gasteiger charge is -2.11. The fourth-order valence-electron chi connectivity index (χ4n) is 2.92. The van der Waals surface area contributed by atoms with Crippen molar-refractivity contribution < 1.29 is 21.6 Å². The molecular formula is C20H19ClF3N3O2S. The van der Waals surface area contributed by atoms with Crippen LogP contribution >= 0.6 is 11.6 Å². The normalized spacial score (nSPS) is 12.4. The van der Waals surface area contributed by atoms with Crippen LogP contribution in [0.1, 0.15) is 11.1 Å². The number of hydrogen-bond acceptors (Lipinski definition) is 4. The molecule has 0 aliphatic carbocycles. The molecule has 0 saturated heterocycles. The van der Waals surface area contributed by atoms with Gasteiger partial charge in [-0.2, -0.15) is 13.2 Å². The van der Waals surface area contributed by atoms with Gasteiger partial charge in [0.2, 0.25) is 10.0 Å². The highest BCUT2D eigenvalue weighted by atomic mass is 35.5. The first-order valence-electron chi connectivity index (χ1n) is 9.08. The van der Waals surface area contributed by atoms with Gasteiger partial charge in [-0.05, 0) is 54.9 Å². The Kier molecular flexibility index (Phi) is 6.97. The summed E-state index contributed by atoms with van der Waals surface area (Å²) in [7, 11) is -3.76. The molecular weight excluding hydrogens is 439 g/mol. The third-order valence-corrected chi connectivity index (χ3v) is 6.26. The molecule has 0 aliphatic heterocycles. The van der Waals surface area contributed by atoms with Crippen LogP contribution in [0.25, 0.3) is 10.9 Å². The van der Waals surface area contributed by atoms with Crippen LogP contribution in [0, 0.1) is 0 Å². The van der Waals surface area contributed by atoms with E-state index in [1.807, 2.05) is 0 Å². The Morgan fingerprint density at radius 3 is 2.40 bits per heavy atom. The lowest BCUT2D eigenvalue weighted by atomic mass is 10.1. The van der Waals surface area contributed by atoms with Crippen molar-refractivity contribution in [3.05, 3.63) is 70.9 Å². The lowest BCUT2D eigenvalue weighted by Crippen LogP contribution is -2.32. The first-order chi connectivity index (χ1) is 14.2. The Bertz CT molecular complexity index is 1120. The average Bonchev–Trinajstić information content (AvgIpc) is 2.70. The van der Waals surface area contributed by atoms with E-state index in [-0.39, 0.29) is 11.4 Å². The molecule has 0 spiro atoms. The summed E-state index contributed by atoms with van der Waals surface area (Å²) in [5.74, 6) is 0. The summed E-state index contributed by atoms with van der Waals surface area (Å²) in [6, 6.07) is 11.2. The number of rotatable bonds is 8. The van der Waals surface area contributed by atoms with Gasteiger partial charge in [0.25, 0.3) is 0 Å². The zero-order chi connectivity index (χ0) is 21.8. The SMILES string of the molecule is O=S(=O)(NCCNCCc1ccc(C(F)(F)F)cc1)c1ccc(Cl)c2ncccc12. The minimum absolute atomic E-state index is 0.0970. The minimum atomic E-state index is -4.35. The molecule has 1 heterocycles. The largest absolute Gasteiger partial charge is 0.416 e. The first-order valence-corrected chi connectivity index (χ1v) is 10.9. The zero-order valence-electron chi connectivity index (χ0n) is 15.7. The number of benzene rings is 2. The fraction of sp³-hybridized carbons (Fsp3) is 0.250. The summed E-state index contributed by atoms with van der Waals surface area (Å²) in [6.45, 7) is 1.02. The highest BCUT2D eigenvalue weighted by Crippen LogP contribution is 2.29. The molecule has 5 nitrogen and oxygen atoms in total. The molecule has 30 heavy (non-hydrogen) atoms. The fourth-order valence-corrected chi connectivity index (χ4v) is 4.36. The third-order valence-electron chi connectivity index (χ3n) is 4.44. The molecule has 0 unspecified atom stereocenters. The number of nitrogens with one attached hydrogen (secondary N) is 2. The maximum Gasteiger partial charge on any atom is 0.416 e. The van der Waals surface area contributed by atoms with Crippen LogP contribution in [-0.4, -0.2) is 33.0 Å². The number of fused-ring (bicyclic) bond motifs is 1. The van der Waals surface area contributed by atoms with Crippen molar-refractivity contribution in [2.75, 3.05) is 19.6 Å². The summed E-state index contributed by atoms with van der Waals surface area (Å²) < 4.78 is 65.4. The summed E-state index contributed by atoms with van der Waals surface area (Å²) in [5.41, 5.74) is 0.492. The molecule has 3 rings (SSSR count). The molecule has 1 aromatic heterocycles. The molecule has 160 valence electrons. The van der Waals surface area contributed by atoms with Gasteiger partial charge in [0.15, 0.2) is 0 Å². The van der Waals surface area contributed by atoms with Crippen LogP contribution in [0.5, 0.6) is 0 Å². The van der Waals surface area contributed by atoms with E-state index in [2.05, 4.69) is 15.0 Å². The van der Waals surface area contributed by atoms with E-state index in [0.29, 0.717) is 35.4 Å². The van der Waals surface area contributed by atoms with Crippen molar-refractivity contribution in [1.82, 2.24) is 15.0 Å². The molecule has 0 bridgehead atoms. The van der Waals surface area contributed by atoms with Crippen LogP contribution in [-0.2, 0) is 22.6 Å². The van der Waals surface area contributed by atoms with Gasteiger partial charge in [0.1, 0.15) is 0 Å². The summed E-state index contributed by atoms with van der Waals surface area (Å²) in [5, 5.41) is 3.87. The molecule has 0 atom stereocenters. The van der Waals surface area contributed by atoms with Crippen molar-refractivity contribution >= 4 is 32.5 Å². The average molecular weight is 458 g/mol. The molecule has 0 amide bonds. The van der Waals surface area contributed by atoms with Crippen molar-refractivity contribution in [1.29, 1.82) is 0 Å². The number of nitrogens with zero attached hydrogens (tertiary/aromatic N) is 1. The van der Waals surface area contributed by atoms with Gasteiger partial charge in [0.05, 0.1) is 21.0 Å². The summed E-state index contributed by atoms with van der Waals surface area (Å²) in [6.07, 6.45) is -2.28. The standard InChI is InChI=1S/C20H19ClF3N3O2S/c21-17-7-8-18(16-2-1-10-26-19(16)17)30(28,29)27-13-12-25-11-9-14-3-5-15(6-4-14)20(22,23)24/h1-8,10,25,27H,9,11-13H2. The van der Waals surface area contributed by atoms with Crippen LogP contribution in [0.2, 0.25) is 5.02 Å². The van der Waals surface area contributed by atoms with E-state index in [1.54, 1.807) is 18.3 Å². The highest BCUT2D eigenvalue weighted by Gasteiger charge is 2.29. The maximum atomic E-state index is 12.6. The van der Waals surface area contributed by atoms with Gasteiger partial charge in [-0.1, -0.05) is 23.7 Å². The number of hydrogen-bond donors (Lipinski definition) is 2. The van der Waals surface area contributed by atoms with Gasteiger partial charge in [0, 0.05) is 24.7 Å². The molecule has 0 fully saturated rings. The number of sulfonamides is 1. The minimum Gasteiger partial charge on any atom is -0.315 e. The van der Waals surface area contributed by atoms with E-state index in [9.17, 15) is 21.6 Å². The van der Waals surface area contributed by atoms with Crippen molar-refractivity contribution in [2.24, 2.45) is 0 Å². The summed E-state index contributed by atoms with van der Waals surface area (Å²) in [4.78, 5) is 4.22. The number of pyridine rings is 1. The van der Waals surface area contributed by atoms with Gasteiger partial charge < -0.3 is 5.32 Å². The second kappa shape index (κ2) is 9.30. The molecule has 3 aromatic rings. The van der Waals surface area contributed by atoms with E-state index in [1.165, 1.54) is 24.3 Å². The Morgan fingerprint density at radius 1 is 0.967 bits per heavy atom. The van der Waals surface area contributed by atoms with Crippen LogP contribution < -0.4 is 10.0 Å². The predicted octanol–water partition coefficient (Wildman–Crippen LogP) is 4.02. The number of aromatic nitrogens is 1. The van der Waals surface area contributed by atoms with Crippen molar-refractivity contribution in [2.45, 2.75) is 17.5 Å². The van der Waals surface area contributed by atoms with E-state index >= 15 is 0 Å². The molecule has 0 radical (unpaired) electrons. The smallest absolute Gasteiger partial charge is 0.315 e. The quantitative estimate of drug-likeness (QED) is 0.501. The van der Waals surface area contributed by atoms with Crippen LogP contribution in [0.15, 0.2) is 59.6 Å². The zero-order valence-corrected chi connectivity index (χ0v) is 17.3. The molecule has 2 N–H and O–H groups in total. The Labute approximate surface area is 177 Å². The van der Waals surface area contributed by atoms with Crippen LogP contribution in [0.4, 0.5) is 13.2 Å². The van der Waals surface area contributed by atoms with E-state index in [0.717, 1.165) is 17.7 Å². The number of alkyl halides is 3. The molecule has 2 aromatic carbocycles. The van der Waals surface area contributed by atoms with Gasteiger partial charge in [-0.15, -0.1) is 0 Å². The second-order valence-electron chi connectivity index (χ2n) is 6.54. The topological polar surface area (TPSA) is 71.1 Å². The van der Waals surface area contributed by atoms with Crippen LogP contribution in [0.3, 0.4) is 0 Å². The first kappa shape index (κ1) is 22.5. The molecule has 10 heteroatoms. The number of halogens is 4. The van der Waals surface area contributed by atoms with E-state index < -0.39 is 21.8 Å². The monoisotopic (exact) mass is 457 g/mol. The molecule has 0 aliphatic rings. The van der Waals surface area contributed by atoms with E-state index in [4.69, 9.17) is 11.6 Å². The Balaban J connectivity index is 1.49. The third kappa shape index (κ3) is 5.48. The Morgan fingerprint density at radius 2 is 1.70 bits per heavy atom. The van der Waals surface area contributed by atoms with Crippen molar-refractivity contribution in [3.8, 4) is 0 Å². The summed E-state index contributed by atoms with van der Waals surface area (Å²) >= 11 is 6.08. The lowest BCUT2D eigenvalue weighted by molar-refractivity contribution is -0.137. The van der Waals surface area contributed by atoms with Gasteiger partial charge >= 0.3 is 6.18 Å². The van der Waals surface area contributed by atoms with Gasteiger partial charge in [-0.3, -0.25) is 4.98 Å².